The van der Waals surface area contributed by atoms with Gasteiger partial charge in [-0.25, -0.2) is 0 Å². The van der Waals surface area contributed by atoms with Crippen molar-refractivity contribution >= 4 is 11.6 Å². The normalized spacial score (nSPS) is 15.3. The van der Waals surface area contributed by atoms with Gasteiger partial charge in [-0.2, -0.15) is 0 Å². The number of halogens is 1. The molecule has 0 aromatic heterocycles. The van der Waals surface area contributed by atoms with Gasteiger partial charge in [0.2, 0.25) is 0 Å². The third kappa shape index (κ3) is 5.51. The van der Waals surface area contributed by atoms with Crippen LogP contribution in [0.15, 0.2) is 0 Å². The Morgan fingerprint density at radius 3 is 1.65 bits per heavy atom. The highest BCUT2D eigenvalue weighted by Crippen LogP contribution is 2.42. The number of unbranched alkanes of at least 4 members (excludes halogenated alkanes) is 5. The molecule has 4 heteroatoms. The SMILES string of the molecule is CCCCCCCC[C@](Cl)(CCC)C(OC)(OC)OC. The number of methoxy groups -OCH3 is 3. The average molecular weight is 309 g/mol. The molecule has 1 atom stereocenters. The summed E-state index contributed by atoms with van der Waals surface area (Å²) in [6.45, 7) is 4.35. The van der Waals surface area contributed by atoms with E-state index in [1.165, 1.54) is 32.1 Å². The largest absolute Gasteiger partial charge is 0.329 e. The van der Waals surface area contributed by atoms with Gasteiger partial charge in [0.1, 0.15) is 4.87 Å². The molecule has 0 saturated carbocycles. The maximum absolute atomic E-state index is 6.83. The second kappa shape index (κ2) is 10.8. The molecule has 0 radical (unpaired) electrons. The highest BCUT2D eigenvalue weighted by Gasteiger charge is 2.51. The molecule has 0 amide bonds. The molecule has 0 aliphatic rings. The molecule has 0 aliphatic carbocycles. The first-order valence-corrected chi connectivity index (χ1v) is 8.28. The highest BCUT2D eigenvalue weighted by atomic mass is 35.5. The Balaban J connectivity index is 4.50. The quantitative estimate of drug-likeness (QED) is 0.269. The summed E-state index contributed by atoms with van der Waals surface area (Å²) in [4.78, 5) is -0.634. The molecular weight excluding hydrogens is 276 g/mol. The molecule has 0 fully saturated rings. The maximum atomic E-state index is 6.83. The number of alkyl halides is 1. The lowest BCUT2D eigenvalue weighted by atomic mass is 9.92. The first-order chi connectivity index (χ1) is 9.55. The second-order valence-electron chi connectivity index (χ2n) is 5.40. The van der Waals surface area contributed by atoms with Gasteiger partial charge in [0, 0.05) is 21.3 Å². The Kier molecular flexibility index (Phi) is 10.9. The molecule has 3 nitrogen and oxygen atoms in total. The Morgan fingerprint density at radius 2 is 1.20 bits per heavy atom. The molecule has 0 N–H and O–H groups in total. The molecule has 0 spiro atoms. The predicted molar refractivity (Wildman–Crippen MR) is 85.2 cm³/mol. The van der Waals surface area contributed by atoms with Crippen molar-refractivity contribution in [2.75, 3.05) is 21.3 Å². The van der Waals surface area contributed by atoms with Crippen molar-refractivity contribution in [3.63, 3.8) is 0 Å². The minimum atomic E-state index is -1.16. The zero-order chi connectivity index (χ0) is 15.5. The fourth-order valence-electron chi connectivity index (χ4n) is 2.81. The Bertz CT molecular complexity index is 223. The predicted octanol–water partition coefficient (Wildman–Crippen LogP) is 5.11. The van der Waals surface area contributed by atoms with Gasteiger partial charge in [-0.3, -0.25) is 0 Å². The molecule has 0 heterocycles. The van der Waals surface area contributed by atoms with E-state index in [9.17, 15) is 0 Å². The lowest BCUT2D eigenvalue weighted by molar-refractivity contribution is -0.372. The van der Waals surface area contributed by atoms with E-state index < -0.39 is 10.8 Å². The van der Waals surface area contributed by atoms with Crippen LogP contribution in [0.2, 0.25) is 0 Å². The van der Waals surface area contributed by atoms with Gasteiger partial charge in [0.25, 0.3) is 0 Å². The summed E-state index contributed by atoms with van der Waals surface area (Å²) in [7, 11) is 4.75. The average Bonchev–Trinajstić information content (AvgIpc) is 2.45. The van der Waals surface area contributed by atoms with Crippen LogP contribution in [0.3, 0.4) is 0 Å². The van der Waals surface area contributed by atoms with Crippen LogP contribution >= 0.6 is 11.6 Å². The minimum Gasteiger partial charge on any atom is -0.329 e. The summed E-state index contributed by atoms with van der Waals surface area (Å²) in [5.41, 5.74) is 0. The molecule has 0 unspecified atom stereocenters. The van der Waals surface area contributed by atoms with E-state index in [0.717, 1.165) is 25.7 Å². The van der Waals surface area contributed by atoms with Crippen LogP contribution in [0.25, 0.3) is 0 Å². The summed E-state index contributed by atoms with van der Waals surface area (Å²) in [6.07, 6.45) is 10.1. The molecule has 0 aromatic rings. The summed E-state index contributed by atoms with van der Waals surface area (Å²) >= 11 is 6.83. The van der Waals surface area contributed by atoms with Gasteiger partial charge in [-0.1, -0.05) is 58.8 Å². The van der Waals surface area contributed by atoms with Gasteiger partial charge >= 0.3 is 5.97 Å². The zero-order valence-electron chi connectivity index (χ0n) is 14.0. The first kappa shape index (κ1) is 20.2. The van der Waals surface area contributed by atoms with Crippen LogP contribution in [0.4, 0.5) is 0 Å². The van der Waals surface area contributed by atoms with Crippen LogP contribution < -0.4 is 0 Å². The summed E-state index contributed by atoms with van der Waals surface area (Å²) < 4.78 is 16.4. The van der Waals surface area contributed by atoms with Gasteiger partial charge < -0.3 is 14.2 Å². The van der Waals surface area contributed by atoms with Crippen molar-refractivity contribution in [3.8, 4) is 0 Å². The Labute approximate surface area is 130 Å². The molecule has 122 valence electrons. The van der Waals surface area contributed by atoms with E-state index in [0.29, 0.717) is 0 Å². The van der Waals surface area contributed by atoms with E-state index in [4.69, 9.17) is 25.8 Å². The van der Waals surface area contributed by atoms with Crippen LogP contribution in [0.1, 0.15) is 71.6 Å². The number of hydrogen-bond donors (Lipinski definition) is 0. The van der Waals surface area contributed by atoms with Crippen molar-refractivity contribution in [1.29, 1.82) is 0 Å². The summed E-state index contributed by atoms with van der Waals surface area (Å²) in [5, 5.41) is 0. The van der Waals surface area contributed by atoms with Gasteiger partial charge in [0.05, 0.1) is 0 Å². The van der Waals surface area contributed by atoms with Crippen molar-refractivity contribution in [2.24, 2.45) is 0 Å². The number of ether oxygens (including phenoxy) is 3. The second-order valence-corrected chi connectivity index (χ2v) is 6.13. The Hall–Kier alpha value is 0.170. The van der Waals surface area contributed by atoms with Crippen molar-refractivity contribution < 1.29 is 14.2 Å². The summed E-state index contributed by atoms with van der Waals surface area (Å²) in [5.74, 6) is -1.16. The topological polar surface area (TPSA) is 27.7 Å². The van der Waals surface area contributed by atoms with E-state index >= 15 is 0 Å². The van der Waals surface area contributed by atoms with Crippen LogP contribution in [-0.2, 0) is 14.2 Å². The molecule has 0 aromatic carbocycles. The van der Waals surface area contributed by atoms with Crippen LogP contribution in [-0.4, -0.2) is 32.2 Å². The smallest absolute Gasteiger partial charge is 0.302 e. The van der Waals surface area contributed by atoms with E-state index in [1.54, 1.807) is 21.3 Å². The third-order valence-electron chi connectivity index (χ3n) is 3.93. The minimum absolute atomic E-state index is 0.634. The summed E-state index contributed by atoms with van der Waals surface area (Å²) in [6, 6.07) is 0. The van der Waals surface area contributed by atoms with Crippen LogP contribution in [0.5, 0.6) is 0 Å². The fraction of sp³-hybridized carbons (Fsp3) is 1.00. The lowest BCUT2D eigenvalue weighted by Gasteiger charge is -2.42. The lowest BCUT2D eigenvalue weighted by Crippen LogP contribution is -2.54. The van der Waals surface area contributed by atoms with Gasteiger partial charge in [-0.05, 0) is 12.8 Å². The monoisotopic (exact) mass is 308 g/mol. The van der Waals surface area contributed by atoms with Gasteiger partial charge in [0.15, 0.2) is 0 Å². The number of hydrogen-bond acceptors (Lipinski definition) is 3. The molecule has 0 aliphatic heterocycles. The van der Waals surface area contributed by atoms with Crippen molar-refractivity contribution in [3.05, 3.63) is 0 Å². The molecule has 0 saturated heterocycles. The fourth-order valence-corrected chi connectivity index (χ4v) is 3.37. The first-order valence-electron chi connectivity index (χ1n) is 7.90. The van der Waals surface area contributed by atoms with E-state index in [1.807, 2.05) is 0 Å². The highest BCUT2D eigenvalue weighted by molar-refractivity contribution is 6.24. The van der Waals surface area contributed by atoms with Crippen molar-refractivity contribution in [2.45, 2.75) is 82.5 Å². The van der Waals surface area contributed by atoms with E-state index in [2.05, 4.69) is 13.8 Å². The molecular formula is C16H33ClO3. The van der Waals surface area contributed by atoms with Crippen LogP contribution in [0, 0.1) is 0 Å². The standard InChI is InChI=1S/C16H33ClO3/c1-6-8-9-10-11-12-14-15(17,13-7-2)16(18-3,19-4)20-5/h6-14H2,1-5H3/t15-/m1/s1. The van der Waals surface area contributed by atoms with E-state index in [-0.39, 0.29) is 0 Å². The molecule has 0 rings (SSSR count). The third-order valence-corrected chi connectivity index (χ3v) is 4.54. The Morgan fingerprint density at radius 1 is 0.700 bits per heavy atom. The zero-order valence-corrected chi connectivity index (χ0v) is 14.7. The molecule has 20 heavy (non-hydrogen) atoms. The number of rotatable bonds is 13. The molecule has 0 bridgehead atoms. The van der Waals surface area contributed by atoms with Gasteiger partial charge in [-0.15, -0.1) is 11.6 Å². The van der Waals surface area contributed by atoms with Crippen molar-refractivity contribution in [1.82, 2.24) is 0 Å². The maximum Gasteiger partial charge on any atom is 0.302 e.